The van der Waals surface area contributed by atoms with Crippen LogP contribution in [0.5, 0.6) is 5.75 Å². The molecule has 3 aromatic rings. The fourth-order valence-corrected chi connectivity index (χ4v) is 7.53. The zero-order valence-electron chi connectivity index (χ0n) is 26.1. The molecule has 10 heteroatoms. The number of fused-ring (bicyclic) bond motifs is 3. The molecule has 4 heterocycles. The van der Waals surface area contributed by atoms with E-state index >= 15 is 13.2 Å². The molecule has 3 aliphatic rings. The van der Waals surface area contributed by atoms with Crippen molar-refractivity contribution in [3.8, 4) is 5.75 Å². The monoisotopic (exact) mass is 612 g/mol. The Morgan fingerprint density at radius 3 is 2.43 bits per heavy atom. The fraction of sp³-hybridized carbons (Fsp3) is 0.559. The molecule has 0 bridgehead atoms. The molecule has 2 aromatic carbocycles. The Morgan fingerprint density at radius 1 is 1.09 bits per heavy atom. The van der Waals surface area contributed by atoms with Gasteiger partial charge in [-0.1, -0.05) is 18.2 Å². The Bertz CT molecular complexity index is 1480. The summed E-state index contributed by atoms with van der Waals surface area (Å²) in [5, 5.41) is 1.03. The van der Waals surface area contributed by atoms with Gasteiger partial charge >= 0.3 is 5.97 Å². The van der Waals surface area contributed by atoms with Crippen LogP contribution in [0.3, 0.4) is 0 Å². The van der Waals surface area contributed by atoms with Gasteiger partial charge in [0.1, 0.15) is 29.7 Å². The number of methoxy groups -OCH3 is 1. The quantitative estimate of drug-likeness (QED) is 0.323. The van der Waals surface area contributed by atoms with Gasteiger partial charge in [-0.15, -0.1) is 0 Å². The van der Waals surface area contributed by atoms with Crippen molar-refractivity contribution in [2.24, 2.45) is 5.41 Å². The van der Waals surface area contributed by atoms with Gasteiger partial charge < -0.3 is 14.5 Å². The van der Waals surface area contributed by atoms with Gasteiger partial charge in [-0.05, 0) is 70.2 Å². The lowest BCUT2D eigenvalue weighted by Crippen LogP contribution is -2.61. The van der Waals surface area contributed by atoms with Crippen molar-refractivity contribution in [3.63, 3.8) is 0 Å². The summed E-state index contributed by atoms with van der Waals surface area (Å²) < 4.78 is 57.5. The number of H-pyrrole nitrogens is 1. The summed E-state index contributed by atoms with van der Waals surface area (Å²) in [4.78, 5) is 21.2. The van der Waals surface area contributed by atoms with Crippen LogP contribution in [0, 0.1) is 17.0 Å². The first-order valence-electron chi connectivity index (χ1n) is 15.6. The number of hydrogen-bond acceptors (Lipinski definition) is 6. The summed E-state index contributed by atoms with van der Waals surface area (Å²) in [6.45, 7) is 10.00. The Hall–Kier alpha value is -3.08. The van der Waals surface area contributed by atoms with E-state index in [0.29, 0.717) is 31.8 Å². The molecule has 6 rings (SSSR count). The first-order valence-corrected chi connectivity index (χ1v) is 15.6. The Morgan fingerprint density at radius 2 is 1.77 bits per heavy atom. The number of rotatable bonds is 9. The number of para-hydroxylation sites is 1. The maximum atomic E-state index is 15.9. The molecule has 2 saturated heterocycles. The normalized spacial score (nSPS) is 22.6. The number of esters is 1. The molecular weight excluding hydrogens is 569 g/mol. The smallest absolute Gasteiger partial charge is 0.319 e. The minimum absolute atomic E-state index is 0.0329. The van der Waals surface area contributed by atoms with E-state index in [9.17, 15) is 4.79 Å². The molecule has 0 unspecified atom stereocenters. The second kappa shape index (κ2) is 12.0. The molecule has 2 atom stereocenters. The predicted molar refractivity (Wildman–Crippen MR) is 164 cm³/mol. The van der Waals surface area contributed by atoms with E-state index in [0.717, 1.165) is 55.5 Å². The van der Waals surface area contributed by atoms with Gasteiger partial charge in [0.05, 0.1) is 19.7 Å². The Labute approximate surface area is 257 Å². The number of piperidine rings is 1. The molecule has 1 spiro atoms. The van der Waals surface area contributed by atoms with Crippen molar-refractivity contribution in [2.75, 3.05) is 59.5 Å². The molecular formula is C34H43F3N4O3. The number of nitrogens with zero attached hydrogens (tertiary/aromatic N) is 3. The molecule has 44 heavy (non-hydrogen) atoms. The Balaban J connectivity index is 1.13. The van der Waals surface area contributed by atoms with Crippen LogP contribution in [0.2, 0.25) is 0 Å². The van der Waals surface area contributed by atoms with Crippen LogP contribution in [0.1, 0.15) is 56.5 Å². The van der Waals surface area contributed by atoms with E-state index in [1.54, 1.807) is 0 Å². The maximum Gasteiger partial charge on any atom is 0.319 e. The Kier molecular flexibility index (Phi) is 8.45. The van der Waals surface area contributed by atoms with Gasteiger partial charge in [-0.25, -0.2) is 13.2 Å². The summed E-state index contributed by atoms with van der Waals surface area (Å²) in [7, 11) is 1.41. The van der Waals surface area contributed by atoms with Crippen LogP contribution in [0.25, 0.3) is 10.9 Å². The number of alkyl halides is 1. The van der Waals surface area contributed by atoms with Gasteiger partial charge in [-0.3, -0.25) is 19.5 Å². The SMILES string of the molecule is COC(=O)CN1CC2(CCN(CCOc3cc(F)c([C@@H]4c5[nH]c6ccccc6c5C[C@@H](C)N4CC(C)(C)F)c(F)c3)CC2)C1. The van der Waals surface area contributed by atoms with E-state index in [4.69, 9.17) is 9.47 Å². The van der Waals surface area contributed by atoms with Crippen LogP contribution in [0.4, 0.5) is 13.2 Å². The van der Waals surface area contributed by atoms with Gasteiger partial charge in [0.2, 0.25) is 0 Å². The number of aromatic nitrogens is 1. The number of ether oxygens (including phenoxy) is 2. The lowest BCUT2D eigenvalue weighted by atomic mass is 9.72. The van der Waals surface area contributed by atoms with Gasteiger partial charge in [0.25, 0.3) is 0 Å². The topological polar surface area (TPSA) is 61.0 Å². The van der Waals surface area contributed by atoms with Crippen molar-refractivity contribution in [3.05, 3.63) is 64.9 Å². The number of carbonyl (C=O) groups excluding carboxylic acids is 1. The lowest BCUT2D eigenvalue weighted by molar-refractivity contribution is -0.146. The average Bonchev–Trinajstić information content (AvgIpc) is 3.31. The summed E-state index contributed by atoms with van der Waals surface area (Å²) >= 11 is 0. The zero-order valence-corrected chi connectivity index (χ0v) is 26.1. The second-order valence-corrected chi connectivity index (χ2v) is 13.6. The van der Waals surface area contributed by atoms with E-state index in [1.165, 1.54) is 33.1 Å². The highest BCUT2D eigenvalue weighted by molar-refractivity contribution is 5.85. The molecule has 0 saturated carbocycles. The minimum atomic E-state index is -1.55. The average molecular weight is 613 g/mol. The van der Waals surface area contributed by atoms with Crippen LogP contribution >= 0.6 is 0 Å². The van der Waals surface area contributed by atoms with Crippen molar-refractivity contribution in [2.45, 2.75) is 57.8 Å². The van der Waals surface area contributed by atoms with Crippen molar-refractivity contribution in [1.82, 2.24) is 19.7 Å². The number of aromatic amines is 1. The fourth-order valence-electron chi connectivity index (χ4n) is 7.53. The number of hydrogen-bond donors (Lipinski definition) is 1. The molecule has 238 valence electrons. The summed E-state index contributed by atoms with van der Waals surface area (Å²) in [6, 6.07) is 9.43. The lowest BCUT2D eigenvalue weighted by Gasteiger charge is -2.53. The summed E-state index contributed by atoms with van der Waals surface area (Å²) in [6.07, 6.45) is 2.74. The highest BCUT2D eigenvalue weighted by Gasteiger charge is 2.45. The largest absolute Gasteiger partial charge is 0.492 e. The molecule has 3 aliphatic heterocycles. The number of benzene rings is 2. The summed E-state index contributed by atoms with van der Waals surface area (Å²) in [5.41, 5.74) is 1.25. The third kappa shape index (κ3) is 6.21. The van der Waals surface area contributed by atoms with E-state index in [1.807, 2.05) is 36.1 Å². The molecule has 0 amide bonds. The van der Waals surface area contributed by atoms with Gasteiger partial charge in [-0.2, -0.15) is 0 Å². The van der Waals surface area contributed by atoms with E-state index in [2.05, 4.69) is 14.8 Å². The standard InChI is InChI=1S/C34H43F3N4O3/c1-22-15-25-24-7-5-6-8-28(24)38-31(25)32(41(22)19-33(2,3)37)30-26(35)16-23(17-27(30)36)44-14-13-39-11-9-34(10-12-39)20-40(21-34)18-29(42)43-4/h5-8,16-17,22,32,38H,9-15,18-21H2,1-4H3/t22-,32-/m1/s1. The summed E-state index contributed by atoms with van der Waals surface area (Å²) in [5.74, 6) is -1.46. The molecule has 0 radical (unpaired) electrons. The van der Waals surface area contributed by atoms with Crippen LogP contribution in [0.15, 0.2) is 36.4 Å². The van der Waals surface area contributed by atoms with Crippen molar-refractivity contribution >= 4 is 16.9 Å². The number of carbonyl (C=O) groups is 1. The first kappa shape index (κ1) is 30.9. The van der Waals surface area contributed by atoms with Crippen LogP contribution < -0.4 is 4.74 Å². The molecule has 1 aromatic heterocycles. The molecule has 2 fully saturated rings. The van der Waals surface area contributed by atoms with Gasteiger partial charge in [0.15, 0.2) is 0 Å². The van der Waals surface area contributed by atoms with Crippen LogP contribution in [-0.2, 0) is 16.0 Å². The zero-order chi connectivity index (χ0) is 31.2. The number of likely N-dealkylation sites (tertiary alicyclic amines) is 2. The maximum absolute atomic E-state index is 15.9. The van der Waals surface area contributed by atoms with Crippen molar-refractivity contribution < 1.29 is 27.4 Å². The highest BCUT2D eigenvalue weighted by atomic mass is 19.1. The predicted octanol–water partition coefficient (Wildman–Crippen LogP) is 5.48. The number of nitrogens with one attached hydrogen (secondary N) is 1. The first-order chi connectivity index (χ1) is 20.9. The third-order valence-electron chi connectivity index (χ3n) is 9.69. The molecule has 7 nitrogen and oxygen atoms in total. The number of halogens is 3. The van der Waals surface area contributed by atoms with Crippen molar-refractivity contribution in [1.29, 1.82) is 0 Å². The molecule has 0 aliphatic carbocycles. The molecule has 1 N–H and O–H groups in total. The van der Waals surface area contributed by atoms with E-state index < -0.39 is 23.3 Å². The third-order valence-corrected chi connectivity index (χ3v) is 9.69. The van der Waals surface area contributed by atoms with Gasteiger partial charge in [0, 0.05) is 66.5 Å². The highest BCUT2D eigenvalue weighted by Crippen LogP contribution is 2.44. The second-order valence-electron chi connectivity index (χ2n) is 13.6. The minimum Gasteiger partial charge on any atom is -0.492 e. The van der Waals surface area contributed by atoms with Crippen LogP contribution in [-0.4, -0.2) is 96.9 Å². The van der Waals surface area contributed by atoms with E-state index in [-0.39, 0.29) is 35.3 Å².